The number of carbonyl (C=O) groups is 1. The molecule has 1 aromatic rings. The zero-order chi connectivity index (χ0) is 17.8. The fraction of sp³-hybridized carbons (Fsp3) is 0.611. The molecule has 0 bridgehead atoms. The molecule has 0 fully saturated rings. The Morgan fingerprint density at radius 1 is 1.26 bits per heavy atom. The number of halogens is 1. The van der Waals surface area contributed by atoms with Crippen molar-refractivity contribution in [3.05, 3.63) is 27.3 Å². The van der Waals surface area contributed by atoms with Gasteiger partial charge in [-0.15, -0.1) is 0 Å². The average molecular weight is 432 g/mol. The van der Waals surface area contributed by atoms with E-state index in [9.17, 15) is 4.79 Å². The second-order valence-corrected chi connectivity index (χ2v) is 9.33. The van der Waals surface area contributed by atoms with E-state index < -0.39 is 5.60 Å². The van der Waals surface area contributed by atoms with Crippen LogP contribution in [0.4, 0.5) is 10.5 Å². The van der Waals surface area contributed by atoms with Crippen molar-refractivity contribution in [1.82, 2.24) is 5.32 Å². The van der Waals surface area contributed by atoms with Crippen molar-refractivity contribution in [2.75, 3.05) is 5.73 Å². The lowest BCUT2D eigenvalue weighted by Crippen LogP contribution is -2.42. The Morgan fingerprint density at radius 2 is 1.87 bits per heavy atom. The summed E-state index contributed by atoms with van der Waals surface area (Å²) >= 11 is 2.29. The van der Waals surface area contributed by atoms with Crippen LogP contribution in [0.2, 0.25) is 0 Å². The second-order valence-electron chi connectivity index (χ2n) is 8.16. The van der Waals surface area contributed by atoms with Crippen LogP contribution in [0.25, 0.3) is 0 Å². The molecule has 1 unspecified atom stereocenters. The summed E-state index contributed by atoms with van der Waals surface area (Å²) in [6.45, 7) is 12.1. The number of nitrogens with one attached hydrogen (secondary N) is 1. The van der Waals surface area contributed by atoms with E-state index in [2.05, 4.69) is 48.7 Å². The van der Waals surface area contributed by atoms with Gasteiger partial charge in [-0.1, -0.05) is 26.8 Å². The van der Waals surface area contributed by atoms with E-state index in [0.717, 1.165) is 22.1 Å². The third kappa shape index (κ3) is 8.44. The maximum Gasteiger partial charge on any atom is 0.407 e. The van der Waals surface area contributed by atoms with Crippen molar-refractivity contribution in [2.45, 2.75) is 66.0 Å². The van der Waals surface area contributed by atoms with Gasteiger partial charge in [-0.2, -0.15) is 0 Å². The predicted octanol–water partition coefficient (Wildman–Crippen LogP) is 4.75. The molecule has 1 rings (SSSR count). The topological polar surface area (TPSA) is 64.3 Å². The van der Waals surface area contributed by atoms with Crippen molar-refractivity contribution in [2.24, 2.45) is 5.41 Å². The molecule has 0 saturated heterocycles. The first-order chi connectivity index (χ1) is 10.4. The number of hydrogen-bond donors (Lipinski definition) is 2. The molecule has 0 aromatic heterocycles. The highest BCUT2D eigenvalue weighted by atomic mass is 127. The first-order valence-corrected chi connectivity index (χ1v) is 8.97. The van der Waals surface area contributed by atoms with E-state index >= 15 is 0 Å². The minimum Gasteiger partial charge on any atom is -0.444 e. The number of alkyl carbamates (subject to hydrolysis) is 1. The molecule has 5 heteroatoms. The highest BCUT2D eigenvalue weighted by Gasteiger charge is 2.24. The minimum absolute atomic E-state index is 0.0157. The molecule has 0 radical (unpaired) electrons. The van der Waals surface area contributed by atoms with Crippen molar-refractivity contribution >= 4 is 34.4 Å². The largest absolute Gasteiger partial charge is 0.444 e. The monoisotopic (exact) mass is 432 g/mol. The standard InChI is InChI=1S/C18H29IN2O2/c1-17(2,3)11-14(21-16(22)23-18(4,5)6)9-12-7-8-13(20)10-15(12)19/h7-8,10,14H,9,11,20H2,1-6H3,(H,21,22). The summed E-state index contributed by atoms with van der Waals surface area (Å²) in [7, 11) is 0. The van der Waals surface area contributed by atoms with Crippen LogP contribution in [-0.2, 0) is 11.2 Å². The van der Waals surface area contributed by atoms with Crippen LogP contribution >= 0.6 is 22.6 Å². The number of nitrogen functional groups attached to an aromatic ring is 1. The Kier molecular flexibility index (Phi) is 6.74. The molecule has 130 valence electrons. The second kappa shape index (κ2) is 7.73. The quantitative estimate of drug-likeness (QED) is 0.534. The van der Waals surface area contributed by atoms with E-state index in [0.29, 0.717) is 0 Å². The zero-order valence-electron chi connectivity index (χ0n) is 15.0. The van der Waals surface area contributed by atoms with Gasteiger partial charge < -0.3 is 15.8 Å². The van der Waals surface area contributed by atoms with Crippen molar-refractivity contribution in [1.29, 1.82) is 0 Å². The molecule has 0 spiro atoms. The number of rotatable bonds is 4. The van der Waals surface area contributed by atoms with Gasteiger partial charge >= 0.3 is 6.09 Å². The van der Waals surface area contributed by atoms with Crippen molar-refractivity contribution < 1.29 is 9.53 Å². The molecule has 23 heavy (non-hydrogen) atoms. The number of hydrogen-bond acceptors (Lipinski definition) is 3. The van der Waals surface area contributed by atoms with Crippen molar-refractivity contribution in [3.8, 4) is 0 Å². The fourth-order valence-electron chi connectivity index (χ4n) is 2.38. The molecule has 0 aliphatic heterocycles. The number of anilines is 1. The summed E-state index contributed by atoms with van der Waals surface area (Å²) in [4.78, 5) is 12.1. The van der Waals surface area contributed by atoms with Crippen molar-refractivity contribution in [3.63, 3.8) is 0 Å². The summed E-state index contributed by atoms with van der Waals surface area (Å²) in [5.74, 6) is 0. The first-order valence-electron chi connectivity index (χ1n) is 7.89. The van der Waals surface area contributed by atoms with Crippen LogP contribution in [-0.4, -0.2) is 17.7 Å². The Bertz CT molecular complexity index is 545. The van der Waals surface area contributed by atoms with E-state index in [1.165, 1.54) is 5.56 Å². The van der Waals surface area contributed by atoms with Crippen LogP contribution < -0.4 is 11.1 Å². The molecular formula is C18H29IN2O2. The first kappa shape index (κ1) is 20.1. The van der Waals surface area contributed by atoms with Gasteiger partial charge in [0.2, 0.25) is 0 Å². The zero-order valence-corrected chi connectivity index (χ0v) is 17.2. The number of carbonyl (C=O) groups excluding carboxylic acids is 1. The predicted molar refractivity (Wildman–Crippen MR) is 105 cm³/mol. The Labute approximate surface area is 153 Å². The molecular weight excluding hydrogens is 403 g/mol. The molecule has 0 saturated carbocycles. The van der Waals surface area contributed by atoms with Crippen LogP contribution in [0.15, 0.2) is 18.2 Å². The normalized spacial score (nSPS) is 13.5. The Balaban J connectivity index is 2.86. The maximum atomic E-state index is 12.1. The number of benzene rings is 1. The molecule has 3 N–H and O–H groups in total. The molecule has 0 aliphatic carbocycles. The van der Waals surface area contributed by atoms with Crippen LogP contribution in [0.5, 0.6) is 0 Å². The van der Waals surface area contributed by atoms with Gasteiger partial charge in [0, 0.05) is 15.3 Å². The Morgan fingerprint density at radius 3 is 2.35 bits per heavy atom. The van der Waals surface area contributed by atoms with E-state index in [-0.39, 0.29) is 17.6 Å². The Hall–Kier alpha value is -0.980. The molecule has 4 nitrogen and oxygen atoms in total. The lowest BCUT2D eigenvalue weighted by molar-refractivity contribution is 0.0492. The van der Waals surface area contributed by atoms with Gasteiger partial charge in [0.15, 0.2) is 0 Å². The third-order valence-electron chi connectivity index (χ3n) is 3.12. The lowest BCUT2D eigenvalue weighted by Gasteiger charge is -2.28. The summed E-state index contributed by atoms with van der Waals surface area (Å²) in [6, 6.07) is 5.90. The summed E-state index contributed by atoms with van der Waals surface area (Å²) in [6.07, 6.45) is 1.26. The van der Waals surface area contributed by atoms with E-state index in [1.54, 1.807) is 0 Å². The van der Waals surface area contributed by atoms with Gasteiger partial charge in [0.1, 0.15) is 5.60 Å². The number of ether oxygens (including phenoxy) is 1. The number of nitrogens with two attached hydrogens (primary N) is 1. The van der Waals surface area contributed by atoms with Crippen LogP contribution in [0.3, 0.4) is 0 Å². The fourth-order valence-corrected chi connectivity index (χ4v) is 3.14. The molecule has 1 amide bonds. The van der Waals surface area contributed by atoms with Gasteiger partial charge in [-0.3, -0.25) is 0 Å². The average Bonchev–Trinajstić information content (AvgIpc) is 2.27. The van der Waals surface area contributed by atoms with Gasteiger partial charge in [-0.25, -0.2) is 4.79 Å². The van der Waals surface area contributed by atoms with Gasteiger partial charge in [0.25, 0.3) is 0 Å². The lowest BCUT2D eigenvalue weighted by atomic mass is 9.86. The third-order valence-corrected chi connectivity index (χ3v) is 4.13. The summed E-state index contributed by atoms with van der Waals surface area (Å²) < 4.78 is 6.52. The maximum absolute atomic E-state index is 12.1. The summed E-state index contributed by atoms with van der Waals surface area (Å²) in [5, 5.41) is 3.02. The molecule has 0 aliphatic rings. The van der Waals surface area contributed by atoms with E-state index in [4.69, 9.17) is 10.5 Å². The minimum atomic E-state index is -0.494. The highest BCUT2D eigenvalue weighted by molar-refractivity contribution is 14.1. The highest BCUT2D eigenvalue weighted by Crippen LogP contribution is 2.25. The molecule has 0 heterocycles. The molecule has 1 atom stereocenters. The van der Waals surface area contributed by atoms with Crippen LogP contribution in [0, 0.1) is 8.99 Å². The summed E-state index contributed by atoms with van der Waals surface area (Å²) in [5.41, 5.74) is 7.37. The van der Waals surface area contributed by atoms with Gasteiger partial charge in [0.05, 0.1) is 0 Å². The number of amides is 1. The smallest absolute Gasteiger partial charge is 0.407 e. The van der Waals surface area contributed by atoms with Crippen LogP contribution in [0.1, 0.15) is 53.5 Å². The van der Waals surface area contributed by atoms with E-state index in [1.807, 2.05) is 39.0 Å². The van der Waals surface area contributed by atoms with Gasteiger partial charge in [-0.05, 0) is 79.3 Å². The SMILES string of the molecule is CC(C)(C)CC(Cc1ccc(N)cc1I)NC(=O)OC(C)(C)C. The molecule has 1 aromatic carbocycles.